The van der Waals surface area contributed by atoms with Crippen molar-refractivity contribution in [2.24, 2.45) is 11.8 Å². The summed E-state index contributed by atoms with van der Waals surface area (Å²) in [4.78, 5) is 91.2. The van der Waals surface area contributed by atoms with Crippen LogP contribution in [0.5, 0.6) is 0 Å². The number of rotatable bonds is 14. The van der Waals surface area contributed by atoms with E-state index in [1.165, 1.54) is 25.9 Å². The molecule has 0 aromatic heterocycles. The summed E-state index contributed by atoms with van der Waals surface area (Å²) in [6.45, 7) is 13.1. The van der Waals surface area contributed by atoms with Crippen molar-refractivity contribution >= 4 is 47.1 Å². The fourth-order valence-electron chi connectivity index (χ4n) is 3.87. The third-order valence-electron chi connectivity index (χ3n) is 6.39. The lowest BCUT2D eigenvalue weighted by Gasteiger charge is -2.29. The molecule has 0 aliphatic heterocycles. The molecule has 0 fully saturated rings. The van der Waals surface area contributed by atoms with Crippen molar-refractivity contribution in [2.75, 3.05) is 19.4 Å². The molecule has 2 unspecified atom stereocenters. The van der Waals surface area contributed by atoms with Gasteiger partial charge in [0, 0.05) is 19.8 Å². The average molecular weight is 633 g/mol. The molecular weight excluding hydrogens is 584 g/mol. The molecule has 0 aliphatic rings. The molecule has 0 saturated carbocycles. The molecule has 0 bridgehead atoms. The number of nitrogens with zero attached hydrogens (tertiary/aromatic N) is 1. The van der Waals surface area contributed by atoms with Gasteiger partial charge in [-0.25, -0.2) is 4.79 Å². The lowest BCUT2D eigenvalue weighted by Crippen LogP contribution is -2.60. The smallest absolute Gasteiger partial charge is 0.408 e. The summed E-state index contributed by atoms with van der Waals surface area (Å²) in [6, 6.07) is 3.32. The molecule has 0 radical (unpaired) electrons. The summed E-state index contributed by atoms with van der Waals surface area (Å²) < 4.78 is 5.26. The quantitative estimate of drug-likeness (QED) is 0.190. The highest BCUT2D eigenvalue weighted by Crippen LogP contribution is 2.11. The van der Waals surface area contributed by atoms with Crippen LogP contribution < -0.4 is 26.6 Å². The molecule has 4 atom stereocenters. The maximum Gasteiger partial charge on any atom is 0.408 e. The van der Waals surface area contributed by atoms with Crippen molar-refractivity contribution in [2.45, 2.75) is 91.6 Å². The molecule has 0 aliphatic carbocycles. The third-order valence-corrected chi connectivity index (χ3v) is 6.39. The van der Waals surface area contributed by atoms with E-state index in [-0.39, 0.29) is 5.92 Å². The SMILES string of the molecule is CC(NC(=O)[C@H](CC(=O)N(C)C)NC(=O)C(NC(=O)[C@@H](NC(=O)OC(C)(C)C)C(C)C)C(C)C)C(=O)C(=O)Nc1ccccc1. The first-order valence-corrected chi connectivity index (χ1v) is 14.7. The molecule has 1 aromatic carbocycles. The maximum absolute atomic E-state index is 13.4. The first kappa shape index (κ1) is 38.5. The Kier molecular flexibility index (Phi) is 14.7. The number of nitrogens with one attached hydrogen (secondary N) is 5. The van der Waals surface area contributed by atoms with Crippen molar-refractivity contribution in [1.29, 1.82) is 0 Å². The van der Waals surface area contributed by atoms with Gasteiger partial charge in [-0.15, -0.1) is 0 Å². The molecule has 6 amide bonds. The minimum atomic E-state index is -1.45. The molecule has 0 saturated heterocycles. The normalized spacial score (nSPS) is 13.9. The summed E-state index contributed by atoms with van der Waals surface area (Å²) in [5.74, 6) is -5.55. The number of para-hydroxylation sites is 1. The number of alkyl carbamates (subject to hydrolysis) is 1. The predicted molar refractivity (Wildman–Crippen MR) is 168 cm³/mol. The highest BCUT2D eigenvalue weighted by atomic mass is 16.6. The first-order valence-electron chi connectivity index (χ1n) is 14.7. The molecule has 14 heteroatoms. The third kappa shape index (κ3) is 13.4. The number of amides is 6. The second-order valence-corrected chi connectivity index (χ2v) is 12.6. The van der Waals surface area contributed by atoms with Crippen molar-refractivity contribution in [3.8, 4) is 0 Å². The van der Waals surface area contributed by atoms with Crippen molar-refractivity contribution in [3.05, 3.63) is 30.3 Å². The molecule has 45 heavy (non-hydrogen) atoms. The second-order valence-electron chi connectivity index (χ2n) is 12.6. The number of hydrogen-bond acceptors (Lipinski definition) is 8. The van der Waals surface area contributed by atoms with Crippen LogP contribution in [0.4, 0.5) is 10.5 Å². The number of anilines is 1. The van der Waals surface area contributed by atoms with E-state index in [0.717, 1.165) is 0 Å². The van der Waals surface area contributed by atoms with Crippen molar-refractivity contribution < 1.29 is 38.3 Å². The van der Waals surface area contributed by atoms with Gasteiger partial charge in [-0.05, 0) is 51.7 Å². The van der Waals surface area contributed by atoms with Crippen LogP contribution in [0.15, 0.2) is 30.3 Å². The monoisotopic (exact) mass is 632 g/mol. The zero-order chi connectivity index (χ0) is 34.6. The number of carbonyl (C=O) groups excluding carboxylic acids is 7. The Balaban J connectivity index is 3.09. The number of Topliss-reactive ketones (excluding diaryl/α,β-unsaturated/α-hetero) is 1. The topological polar surface area (TPSA) is 192 Å². The van der Waals surface area contributed by atoms with Gasteiger partial charge in [-0.3, -0.25) is 28.8 Å². The van der Waals surface area contributed by atoms with E-state index in [1.54, 1.807) is 78.8 Å². The van der Waals surface area contributed by atoms with Gasteiger partial charge < -0.3 is 36.2 Å². The minimum absolute atomic E-state index is 0.372. The average Bonchev–Trinajstić information content (AvgIpc) is 2.92. The Hall–Kier alpha value is -4.49. The molecule has 1 aromatic rings. The zero-order valence-electron chi connectivity index (χ0n) is 27.8. The Morgan fingerprint density at radius 1 is 0.733 bits per heavy atom. The molecule has 14 nitrogen and oxygen atoms in total. The van der Waals surface area contributed by atoms with E-state index in [2.05, 4.69) is 26.6 Å². The summed E-state index contributed by atoms with van der Waals surface area (Å²) in [5, 5.41) is 12.5. The lowest BCUT2D eigenvalue weighted by molar-refractivity contribution is -0.139. The standard InChI is InChI=1S/C31H48N6O8/c1-17(2)23(35-28(42)24(18(3)4)36-30(44)45-31(6,7)8)27(41)34-21(16-22(38)37(9)10)26(40)32-19(5)25(39)29(43)33-20-14-12-11-13-15-20/h11-15,17-19,21,23-24H,16H2,1-10H3,(H,32,40)(H,33,43)(H,34,41)(H,35,42)(H,36,44)/t19?,21-,23?,24-/m0/s1. The van der Waals surface area contributed by atoms with Crippen LogP contribution in [0.3, 0.4) is 0 Å². The van der Waals surface area contributed by atoms with Crippen LogP contribution in [0.2, 0.25) is 0 Å². The van der Waals surface area contributed by atoms with Crippen LogP contribution in [0.25, 0.3) is 0 Å². The van der Waals surface area contributed by atoms with E-state index in [4.69, 9.17) is 4.74 Å². The summed E-state index contributed by atoms with van der Waals surface area (Å²) in [7, 11) is 2.94. The van der Waals surface area contributed by atoms with E-state index in [1.807, 2.05) is 0 Å². The van der Waals surface area contributed by atoms with Crippen LogP contribution in [0, 0.1) is 11.8 Å². The van der Waals surface area contributed by atoms with Gasteiger partial charge in [0.1, 0.15) is 23.7 Å². The van der Waals surface area contributed by atoms with Gasteiger partial charge in [0.05, 0.1) is 12.5 Å². The van der Waals surface area contributed by atoms with Crippen molar-refractivity contribution in [3.63, 3.8) is 0 Å². The van der Waals surface area contributed by atoms with Crippen LogP contribution in [0.1, 0.15) is 61.8 Å². The number of ether oxygens (including phenoxy) is 1. The van der Waals surface area contributed by atoms with E-state index in [9.17, 15) is 33.6 Å². The largest absolute Gasteiger partial charge is 0.444 e. The molecule has 250 valence electrons. The van der Waals surface area contributed by atoms with Crippen LogP contribution >= 0.6 is 0 Å². The fraction of sp³-hybridized carbons (Fsp3) is 0.581. The zero-order valence-corrected chi connectivity index (χ0v) is 27.8. The molecule has 1 rings (SSSR count). The minimum Gasteiger partial charge on any atom is -0.444 e. The summed E-state index contributed by atoms with van der Waals surface area (Å²) in [5.41, 5.74) is -0.408. The maximum atomic E-state index is 13.4. The van der Waals surface area contributed by atoms with Gasteiger partial charge in [-0.1, -0.05) is 45.9 Å². The number of ketones is 1. The molecule has 5 N–H and O–H groups in total. The molecule has 0 heterocycles. The molecular formula is C31H48N6O8. The van der Waals surface area contributed by atoms with Gasteiger partial charge in [-0.2, -0.15) is 0 Å². The van der Waals surface area contributed by atoms with Gasteiger partial charge in [0.2, 0.25) is 29.4 Å². The van der Waals surface area contributed by atoms with Gasteiger partial charge >= 0.3 is 6.09 Å². The predicted octanol–water partition coefficient (Wildman–Crippen LogP) is 1.35. The number of benzene rings is 1. The highest BCUT2D eigenvalue weighted by Gasteiger charge is 2.35. The van der Waals surface area contributed by atoms with Crippen LogP contribution in [-0.4, -0.2) is 90.2 Å². The van der Waals surface area contributed by atoms with Crippen molar-refractivity contribution in [1.82, 2.24) is 26.2 Å². The Morgan fingerprint density at radius 2 is 1.24 bits per heavy atom. The Morgan fingerprint density at radius 3 is 1.73 bits per heavy atom. The lowest BCUT2D eigenvalue weighted by atomic mass is 9.99. The summed E-state index contributed by atoms with van der Waals surface area (Å²) >= 11 is 0. The van der Waals surface area contributed by atoms with Crippen LogP contribution in [-0.2, 0) is 33.5 Å². The first-order chi connectivity index (χ1) is 20.7. The second kappa shape index (κ2) is 17.1. The number of carbonyl (C=O) groups is 7. The Labute approximate surface area is 264 Å². The van der Waals surface area contributed by atoms with E-state index >= 15 is 0 Å². The fourth-order valence-corrected chi connectivity index (χ4v) is 3.87. The highest BCUT2D eigenvalue weighted by molar-refractivity contribution is 6.42. The summed E-state index contributed by atoms with van der Waals surface area (Å²) in [6.07, 6.45) is -1.27. The van der Waals surface area contributed by atoms with Gasteiger partial charge in [0.25, 0.3) is 5.91 Å². The van der Waals surface area contributed by atoms with E-state index < -0.39 is 83.5 Å². The Bertz CT molecular complexity index is 1230. The number of hydrogen-bond donors (Lipinski definition) is 5. The molecule has 0 spiro atoms. The van der Waals surface area contributed by atoms with E-state index in [0.29, 0.717) is 5.69 Å². The van der Waals surface area contributed by atoms with Gasteiger partial charge in [0.15, 0.2) is 0 Å².